The van der Waals surface area contributed by atoms with E-state index in [4.69, 9.17) is 26.9 Å². The van der Waals surface area contributed by atoms with Crippen LogP contribution in [0, 0.1) is 0 Å². The number of nitrogens with zero attached hydrogens (tertiary/aromatic N) is 3. The van der Waals surface area contributed by atoms with Gasteiger partial charge in [0.25, 0.3) is 0 Å². The molecule has 0 unspecified atom stereocenters. The molecule has 0 radical (unpaired) electrons. The zero-order valence-corrected chi connectivity index (χ0v) is 15.3. The van der Waals surface area contributed by atoms with Gasteiger partial charge in [-0.1, -0.05) is 35.5 Å². The molecule has 0 saturated carbocycles. The van der Waals surface area contributed by atoms with Crippen LogP contribution < -0.4 is 15.3 Å². The van der Waals surface area contributed by atoms with Gasteiger partial charge in [0.1, 0.15) is 0 Å². The normalized spacial score (nSPS) is 10.7. The van der Waals surface area contributed by atoms with E-state index in [0.29, 0.717) is 27.5 Å². The second-order valence-electron chi connectivity index (χ2n) is 5.16. The molecule has 0 aliphatic heterocycles. The number of nitrogen functional groups attached to an aromatic ring is 1. The Kier molecular flexibility index (Phi) is 5.35. The van der Waals surface area contributed by atoms with Crippen molar-refractivity contribution in [3.63, 3.8) is 0 Å². The van der Waals surface area contributed by atoms with Gasteiger partial charge in [0.2, 0.25) is 5.16 Å². The number of thioether (sulfide) groups is 1. The van der Waals surface area contributed by atoms with E-state index in [-0.39, 0.29) is 0 Å². The molecule has 1 heterocycles. The van der Waals surface area contributed by atoms with E-state index < -0.39 is 0 Å². The summed E-state index contributed by atoms with van der Waals surface area (Å²) in [7, 11) is 3.18. The monoisotopic (exact) mass is 376 g/mol. The Morgan fingerprint density at radius 1 is 1.04 bits per heavy atom. The quantitative estimate of drug-likeness (QED) is 0.523. The maximum Gasteiger partial charge on any atom is 0.210 e. The number of methoxy groups -OCH3 is 2. The van der Waals surface area contributed by atoms with Crippen LogP contribution in [0.15, 0.2) is 47.6 Å². The Bertz CT molecular complexity index is 868. The number of benzene rings is 2. The number of nitrogens with two attached hydrogens (primary N) is 1. The third kappa shape index (κ3) is 3.83. The Labute approximate surface area is 154 Å². The molecule has 0 fully saturated rings. The molecule has 3 rings (SSSR count). The van der Waals surface area contributed by atoms with Crippen LogP contribution in [0.3, 0.4) is 0 Å². The van der Waals surface area contributed by atoms with E-state index in [9.17, 15) is 0 Å². The predicted molar refractivity (Wildman–Crippen MR) is 99.7 cm³/mol. The molecular weight excluding hydrogens is 360 g/mol. The molecule has 0 spiro atoms. The number of halogens is 1. The molecule has 8 heteroatoms. The molecule has 0 aliphatic rings. The van der Waals surface area contributed by atoms with Gasteiger partial charge in [-0.05, 0) is 35.9 Å². The van der Waals surface area contributed by atoms with Crippen molar-refractivity contribution < 1.29 is 9.47 Å². The van der Waals surface area contributed by atoms with Crippen LogP contribution in [0.2, 0.25) is 5.02 Å². The summed E-state index contributed by atoms with van der Waals surface area (Å²) in [6.07, 6.45) is 0. The molecule has 0 saturated heterocycles. The minimum absolute atomic E-state index is 0.555. The number of ether oxygens (including phenoxy) is 2. The predicted octanol–water partition coefficient (Wildman–Crippen LogP) is 3.62. The van der Waals surface area contributed by atoms with Crippen molar-refractivity contribution in [2.24, 2.45) is 0 Å². The van der Waals surface area contributed by atoms with Crippen LogP contribution in [0.4, 0.5) is 0 Å². The first-order valence-electron chi connectivity index (χ1n) is 7.42. The van der Waals surface area contributed by atoms with Gasteiger partial charge in [-0.2, -0.15) is 0 Å². The van der Waals surface area contributed by atoms with Gasteiger partial charge >= 0.3 is 0 Å². The minimum atomic E-state index is 0.555. The molecule has 3 aromatic rings. The fourth-order valence-corrected chi connectivity index (χ4v) is 3.21. The highest BCUT2D eigenvalue weighted by atomic mass is 35.5. The van der Waals surface area contributed by atoms with Crippen LogP contribution in [0.25, 0.3) is 11.4 Å². The van der Waals surface area contributed by atoms with Crippen molar-refractivity contribution in [2.75, 3.05) is 20.1 Å². The van der Waals surface area contributed by atoms with E-state index in [2.05, 4.69) is 10.2 Å². The number of hydrogen-bond donors (Lipinski definition) is 1. The number of hydrogen-bond acceptors (Lipinski definition) is 6. The SMILES string of the molecule is COc1ccc(-c2nnc(SCc3ccc(Cl)cc3)n2N)cc1OC. The Morgan fingerprint density at radius 3 is 2.44 bits per heavy atom. The lowest BCUT2D eigenvalue weighted by molar-refractivity contribution is 0.355. The highest BCUT2D eigenvalue weighted by Crippen LogP contribution is 2.32. The fraction of sp³-hybridized carbons (Fsp3) is 0.176. The summed E-state index contributed by atoms with van der Waals surface area (Å²) in [4.78, 5) is 0. The molecule has 6 nitrogen and oxygen atoms in total. The molecule has 1 aromatic heterocycles. The standard InChI is InChI=1S/C17H17ClN4O2S/c1-23-14-8-5-12(9-15(14)24-2)16-20-21-17(22(16)19)25-10-11-3-6-13(18)7-4-11/h3-9H,10,19H2,1-2H3. The van der Waals surface area contributed by atoms with E-state index in [1.54, 1.807) is 14.2 Å². The average Bonchev–Trinajstić information content (AvgIpc) is 3.01. The lowest BCUT2D eigenvalue weighted by Crippen LogP contribution is -2.11. The zero-order valence-electron chi connectivity index (χ0n) is 13.8. The molecule has 2 N–H and O–H groups in total. The number of aromatic nitrogens is 3. The van der Waals surface area contributed by atoms with E-state index in [1.807, 2.05) is 42.5 Å². The molecule has 25 heavy (non-hydrogen) atoms. The van der Waals surface area contributed by atoms with Crippen LogP contribution in [-0.2, 0) is 5.75 Å². The molecule has 0 amide bonds. The highest BCUT2D eigenvalue weighted by Gasteiger charge is 2.14. The maximum atomic E-state index is 6.16. The van der Waals surface area contributed by atoms with Gasteiger partial charge in [0, 0.05) is 16.3 Å². The molecule has 130 valence electrons. The summed E-state index contributed by atoms with van der Waals surface area (Å²) in [5.74, 6) is 8.69. The topological polar surface area (TPSA) is 75.2 Å². The van der Waals surface area contributed by atoms with E-state index in [1.165, 1.54) is 16.4 Å². The summed E-state index contributed by atoms with van der Waals surface area (Å²) >= 11 is 7.40. The lowest BCUT2D eigenvalue weighted by atomic mass is 10.2. The first kappa shape index (κ1) is 17.4. The van der Waals surface area contributed by atoms with Crippen molar-refractivity contribution in [1.82, 2.24) is 14.9 Å². The first-order chi connectivity index (χ1) is 12.1. The molecule has 2 aromatic carbocycles. The number of rotatable bonds is 6. The van der Waals surface area contributed by atoms with Crippen LogP contribution in [-0.4, -0.2) is 29.1 Å². The van der Waals surface area contributed by atoms with Crippen molar-refractivity contribution in [1.29, 1.82) is 0 Å². The molecule has 0 aliphatic carbocycles. The summed E-state index contributed by atoms with van der Waals surface area (Å²) < 4.78 is 12.0. The maximum absolute atomic E-state index is 6.16. The first-order valence-corrected chi connectivity index (χ1v) is 8.79. The van der Waals surface area contributed by atoms with Crippen molar-refractivity contribution in [3.8, 4) is 22.9 Å². The van der Waals surface area contributed by atoms with E-state index >= 15 is 0 Å². The summed E-state index contributed by atoms with van der Waals surface area (Å²) in [6, 6.07) is 13.2. The van der Waals surface area contributed by atoms with Crippen molar-refractivity contribution >= 4 is 23.4 Å². The van der Waals surface area contributed by atoms with Gasteiger partial charge in [-0.25, -0.2) is 4.68 Å². The lowest BCUT2D eigenvalue weighted by Gasteiger charge is -2.09. The van der Waals surface area contributed by atoms with Crippen LogP contribution in [0.1, 0.15) is 5.56 Å². The Hall–Kier alpha value is -2.38. The molecular formula is C17H17ClN4O2S. The smallest absolute Gasteiger partial charge is 0.210 e. The Morgan fingerprint density at radius 2 is 1.76 bits per heavy atom. The van der Waals surface area contributed by atoms with Gasteiger partial charge in [0.15, 0.2) is 17.3 Å². The summed E-state index contributed by atoms with van der Waals surface area (Å²) in [5, 5.41) is 9.71. The minimum Gasteiger partial charge on any atom is -0.493 e. The van der Waals surface area contributed by atoms with Crippen LogP contribution in [0.5, 0.6) is 11.5 Å². The van der Waals surface area contributed by atoms with Crippen molar-refractivity contribution in [3.05, 3.63) is 53.1 Å². The largest absolute Gasteiger partial charge is 0.493 e. The molecule has 0 atom stereocenters. The fourth-order valence-electron chi connectivity index (χ4n) is 2.28. The second kappa shape index (κ2) is 7.67. The van der Waals surface area contributed by atoms with Crippen LogP contribution >= 0.6 is 23.4 Å². The second-order valence-corrected chi connectivity index (χ2v) is 6.54. The molecule has 0 bridgehead atoms. The van der Waals surface area contributed by atoms with Gasteiger partial charge in [-0.15, -0.1) is 10.2 Å². The van der Waals surface area contributed by atoms with Crippen molar-refractivity contribution in [2.45, 2.75) is 10.9 Å². The highest BCUT2D eigenvalue weighted by molar-refractivity contribution is 7.98. The third-order valence-corrected chi connectivity index (χ3v) is 4.85. The van der Waals surface area contributed by atoms with Gasteiger partial charge < -0.3 is 15.3 Å². The summed E-state index contributed by atoms with van der Waals surface area (Å²) in [5.41, 5.74) is 1.93. The van der Waals surface area contributed by atoms with Gasteiger partial charge in [-0.3, -0.25) is 0 Å². The van der Waals surface area contributed by atoms with Gasteiger partial charge in [0.05, 0.1) is 14.2 Å². The Balaban J connectivity index is 1.80. The third-order valence-electron chi connectivity index (χ3n) is 3.59. The zero-order chi connectivity index (χ0) is 17.8. The van der Waals surface area contributed by atoms with E-state index in [0.717, 1.165) is 16.9 Å². The average molecular weight is 377 g/mol. The summed E-state index contributed by atoms with van der Waals surface area (Å²) in [6.45, 7) is 0.